The van der Waals surface area contributed by atoms with Gasteiger partial charge in [0, 0.05) is 19.7 Å². The molecule has 1 aromatic rings. The lowest BCUT2D eigenvalue weighted by molar-refractivity contribution is 0.0911. The fraction of sp³-hybridized carbons (Fsp3) is 0.714. The lowest BCUT2D eigenvalue weighted by Crippen LogP contribution is -2.27. The molecular formula is C14H24N4O2S. The van der Waals surface area contributed by atoms with Gasteiger partial charge in [0.25, 0.3) is 5.91 Å². The van der Waals surface area contributed by atoms with Crippen molar-refractivity contribution in [1.29, 1.82) is 0 Å². The summed E-state index contributed by atoms with van der Waals surface area (Å²) in [7, 11) is 0. The van der Waals surface area contributed by atoms with Crippen molar-refractivity contribution in [2.24, 2.45) is 11.8 Å². The Morgan fingerprint density at radius 2 is 2.29 bits per heavy atom. The largest absolute Gasteiger partial charge is 0.382 e. The van der Waals surface area contributed by atoms with Gasteiger partial charge in [-0.15, -0.1) is 0 Å². The average molecular weight is 312 g/mol. The zero-order valence-corrected chi connectivity index (χ0v) is 13.5. The minimum Gasteiger partial charge on any atom is -0.382 e. The molecule has 1 saturated carbocycles. The summed E-state index contributed by atoms with van der Waals surface area (Å²) in [6.45, 7) is 6.88. The van der Waals surface area contributed by atoms with Crippen LogP contribution in [-0.4, -0.2) is 37.2 Å². The summed E-state index contributed by atoms with van der Waals surface area (Å²) in [6, 6.07) is 0. The van der Waals surface area contributed by atoms with E-state index in [0.717, 1.165) is 19.1 Å². The van der Waals surface area contributed by atoms with Gasteiger partial charge in [-0.2, -0.15) is 0 Å². The number of nitrogens with two attached hydrogens (primary N) is 1. The highest BCUT2D eigenvalue weighted by molar-refractivity contribution is 7.18. The molecule has 0 aliphatic heterocycles. The van der Waals surface area contributed by atoms with Gasteiger partial charge in [-0.3, -0.25) is 4.79 Å². The fourth-order valence-corrected chi connectivity index (χ4v) is 2.52. The Morgan fingerprint density at radius 1 is 1.52 bits per heavy atom. The lowest BCUT2D eigenvalue weighted by Gasteiger charge is -2.05. The first-order chi connectivity index (χ1) is 10.1. The first-order valence-corrected chi connectivity index (χ1v) is 8.24. The highest BCUT2D eigenvalue weighted by atomic mass is 32.1. The lowest BCUT2D eigenvalue weighted by atomic mass is 10.2. The third-order valence-corrected chi connectivity index (χ3v) is 4.13. The van der Waals surface area contributed by atoms with Crippen LogP contribution in [0.2, 0.25) is 0 Å². The molecule has 118 valence electrons. The number of nitrogens with zero attached hydrogens (tertiary/aromatic N) is 1. The standard InChI is InChI=1S/C14H24N4O2S/c1-9(2)7-17-14-18-12(15)11(21-14)13(19)16-5-6-20-8-10-3-4-10/h9-10H,3-8,15H2,1-2H3,(H,16,19)(H,17,18). The number of hydrogen-bond donors (Lipinski definition) is 3. The molecule has 1 aromatic heterocycles. The van der Waals surface area contributed by atoms with Crippen molar-refractivity contribution in [3.05, 3.63) is 4.88 Å². The summed E-state index contributed by atoms with van der Waals surface area (Å²) in [6.07, 6.45) is 2.55. The van der Waals surface area contributed by atoms with E-state index in [1.807, 2.05) is 0 Å². The number of nitrogen functional groups attached to an aromatic ring is 1. The topological polar surface area (TPSA) is 89.3 Å². The minimum absolute atomic E-state index is 0.183. The molecule has 1 fully saturated rings. The molecule has 1 aliphatic rings. The molecule has 0 bridgehead atoms. The first kappa shape index (κ1) is 16.0. The molecule has 1 amide bonds. The predicted octanol–water partition coefficient (Wildman–Crippen LogP) is 1.95. The Morgan fingerprint density at radius 3 is 2.95 bits per heavy atom. The van der Waals surface area contributed by atoms with Crippen LogP contribution in [0.3, 0.4) is 0 Å². The number of carbonyl (C=O) groups excluding carboxylic acids is 1. The van der Waals surface area contributed by atoms with Crippen LogP contribution in [0.1, 0.15) is 36.4 Å². The fourth-order valence-electron chi connectivity index (χ4n) is 1.71. The Hall–Kier alpha value is -1.34. The van der Waals surface area contributed by atoms with Crippen LogP contribution in [0.5, 0.6) is 0 Å². The summed E-state index contributed by atoms with van der Waals surface area (Å²) in [5.41, 5.74) is 5.79. The molecule has 7 heteroatoms. The van der Waals surface area contributed by atoms with Crippen LogP contribution in [-0.2, 0) is 4.74 Å². The van der Waals surface area contributed by atoms with Crippen molar-refractivity contribution in [3.63, 3.8) is 0 Å². The maximum atomic E-state index is 12.0. The van der Waals surface area contributed by atoms with E-state index in [1.165, 1.54) is 24.2 Å². The van der Waals surface area contributed by atoms with Crippen LogP contribution >= 0.6 is 11.3 Å². The molecule has 0 unspecified atom stereocenters. The van der Waals surface area contributed by atoms with Crippen LogP contribution in [0, 0.1) is 11.8 Å². The van der Waals surface area contributed by atoms with Gasteiger partial charge >= 0.3 is 0 Å². The molecular weight excluding hydrogens is 288 g/mol. The number of ether oxygens (including phenoxy) is 1. The summed E-state index contributed by atoms with van der Waals surface area (Å²) in [5, 5.41) is 6.68. The van der Waals surface area contributed by atoms with E-state index in [-0.39, 0.29) is 11.7 Å². The average Bonchev–Trinajstić information content (AvgIpc) is 3.17. The minimum atomic E-state index is -0.183. The number of amides is 1. The maximum Gasteiger partial charge on any atom is 0.265 e. The molecule has 0 saturated heterocycles. The normalized spacial score (nSPS) is 14.4. The first-order valence-electron chi connectivity index (χ1n) is 7.42. The Labute approximate surface area is 129 Å². The number of hydrogen-bond acceptors (Lipinski definition) is 6. The molecule has 1 aliphatic carbocycles. The van der Waals surface area contributed by atoms with E-state index in [4.69, 9.17) is 10.5 Å². The Kier molecular flexibility index (Phi) is 5.81. The highest BCUT2D eigenvalue weighted by Crippen LogP contribution is 2.28. The van der Waals surface area contributed by atoms with E-state index < -0.39 is 0 Å². The van der Waals surface area contributed by atoms with Crippen molar-refractivity contribution >= 4 is 28.2 Å². The van der Waals surface area contributed by atoms with Crippen LogP contribution in [0.25, 0.3) is 0 Å². The summed E-state index contributed by atoms with van der Waals surface area (Å²) < 4.78 is 5.47. The van der Waals surface area contributed by atoms with Gasteiger partial charge in [0.1, 0.15) is 10.7 Å². The predicted molar refractivity (Wildman–Crippen MR) is 85.7 cm³/mol. The Balaban J connectivity index is 1.72. The number of rotatable bonds is 9. The van der Waals surface area contributed by atoms with Crippen molar-refractivity contribution < 1.29 is 9.53 Å². The summed E-state index contributed by atoms with van der Waals surface area (Å²) in [4.78, 5) is 16.7. The molecule has 4 N–H and O–H groups in total. The second-order valence-electron chi connectivity index (χ2n) is 5.78. The molecule has 2 rings (SSSR count). The van der Waals surface area contributed by atoms with Crippen LogP contribution in [0.15, 0.2) is 0 Å². The van der Waals surface area contributed by atoms with E-state index in [2.05, 4.69) is 29.5 Å². The molecule has 0 atom stereocenters. The number of carbonyl (C=O) groups is 1. The SMILES string of the molecule is CC(C)CNc1nc(N)c(C(=O)NCCOCC2CC2)s1. The zero-order valence-electron chi connectivity index (χ0n) is 12.6. The maximum absolute atomic E-state index is 12.0. The molecule has 0 radical (unpaired) electrons. The second kappa shape index (κ2) is 7.61. The molecule has 0 spiro atoms. The van der Waals surface area contributed by atoms with Crippen molar-refractivity contribution in [3.8, 4) is 0 Å². The molecule has 0 aromatic carbocycles. The van der Waals surface area contributed by atoms with Crippen LogP contribution in [0.4, 0.5) is 10.9 Å². The summed E-state index contributed by atoms with van der Waals surface area (Å²) in [5.74, 6) is 1.35. The zero-order chi connectivity index (χ0) is 15.2. The third kappa shape index (κ3) is 5.51. The third-order valence-electron chi connectivity index (χ3n) is 3.10. The number of anilines is 2. The van der Waals surface area contributed by atoms with Gasteiger partial charge < -0.3 is 21.1 Å². The van der Waals surface area contributed by atoms with Gasteiger partial charge in [-0.05, 0) is 24.7 Å². The smallest absolute Gasteiger partial charge is 0.265 e. The number of nitrogens with one attached hydrogen (secondary N) is 2. The monoisotopic (exact) mass is 312 g/mol. The highest BCUT2D eigenvalue weighted by Gasteiger charge is 2.21. The Bertz CT molecular complexity index is 472. The number of aromatic nitrogens is 1. The van der Waals surface area contributed by atoms with Gasteiger partial charge in [0.2, 0.25) is 0 Å². The quantitative estimate of drug-likeness (QED) is 0.606. The van der Waals surface area contributed by atoms with Crippen molar-refractivity contribution in [2.45, 2.75) is 26.7 Å². The summed E-state index contributed by atoms with van der Waals surface area (Å²) >= 11 is 1.29. The van der Waals surface area contributed by atoms with E-state index in [0.29, 0.717) is 29.1 Å². The van der Waals surface area contributed by atoms with Gasteiger partial charge in [0.05, 0.1) is 6.61 Å². The van der Waals surface area contributed by atoms with Crippen LogP contribution < -0.4 is 16.4 Å². The van der Waals surface area contributed by atoms with Crippen molar-refractivity contribution in [1.82, 2.24) is 10.3 Å². The molecule has 1 heterocycles. The van der Waals surface area contributed by atoms with E-state index in [9.17, 15) is 4.79 Å². The molecule has 21 heavy (non-hydrogen) atoms. The van der Waals surface area contributed by atoms with Gasteiger partial charge in [-0.25, -0.2) is 4.98 Å². The van der Waals surface area contributed by atoms with E-state index >= 15 is 0 Å². The number of thiazole rings is 1. The molecule has 6 nitrogen and oxygen atoms in total. The van der Waals surface area contributed by atoms with Crippen molar-refractivity contribution in [2.75, 3.05) is 37.4 Å². The van der Waals surface area contributed by atoms with Gasteiger partial charge in [-0.1, -0.05) is 25.2 Å². The second-order valence-corrected chi connectivity index (χ2v) is 6.78. The van der Waals surface area contributed by atoms with E-state index in [1.54, 1.807) is 0 Å². The van der Waals surface area contributed by atoms with Gasteiger partial charge in [0.15, 0.2) is 5.13 Å².